The molecule has 4 amide bonds. The number of hydrogen-bond acceptors (Lipinski definition) is 6. The van der Waals surface area contributed by atoms with Crippen LogP contribution in [0.2, 0.25) is 0 Å². The first kappa shape index (κ1) is 27.1. The summed E-state index contributed by atoms with van der Waals surface area (Å²) in [6, 6.07) is 11.2. The molecule has 0 aliphatic carbocycles. The average molecular weight is 561 g/mol. The number of piperazine rings is 1. The molecule has 3 heterocycles. The van der Waals surface area contributed by atoms with Gasteiger partial charge < -0.3 is 24.5 Å². The number of alkyl halides is 4. The van der Waals surface area contributed by atoms with Crippen LogP contribution in [0.1, 0.15) is 30.4 Å². The van der Waals surface area contributed by atoms with Crippen molar-refractivity contribution in [3.8, 4) is 11.4 Å². The summed E-state index contributed by atoms with van der Waals surface area (Å²) in [5, 5.41) is 6.03. The number of nitrogens with zero attached hydrogens (tertiary/aromatic N) is 5. The van der Waals surface area contributed by atoms with E-state index in [2.05, 4.69) is 20.0 Å². The van der Waals surface area contributed by atoms with Gasteiger partial charge in [0.15, 0.2) is 5.54 Å². The lowest BCUT2D eigenvalue weighted by Gasteiger charge is -2.57. The molecule has 1 N–H and O–H groups in total. The number of rotatable bonds is 6. The van der Waals surface area contributed by atoms with Crippen molar-refractivity contribution in [2.45, 2.75) is 31.4 Å². The summed E-state index contributed by atoms with van der Waals surface area (Å²) in [6.45, 7) is 0.351. The highest BCUT2D eigenvalue weighted by Crippen LogP contribution is 2.37. The number of halogens is 4. The fourth-order valence-electron chi connectivity index (χ4n) is 4.86. The highest BCUT2D eigenvalue weighted by atomic mass is 19.3. The summed E-state index contributed by atoms with van der Waals surface area (Å²) in [6.07, 6.45) is -2.92. The molecule has 210 valence electrons. The Bertz CT molecular complexity index is 1430. The first-order valence-corrected chi connectivity index (χ1v) is 12.2. The van der Waals surface area contributed by atoms with Gasteiger partial charge in [-0.25, -0.2) is 13.6 Å². The molecule has 0 unspecified atom stereocenters. The van der Waals surface area contributed by atoms with Crippen molar-refractivity contribution in [3.05, 3.63) is 65.5 Å². The quantitative estimate of drug-likeness (QED) is 0.462. The number of benzene rings is 2. The second-order valence-electron chi connectivity index (χ2n) is 9.70. The molecule has 40 heavy (non-hydrogen) atoms. The van der Waals surface area contributed by atoms with Crippen LogP contribution in [0.25, 0.3) is 11.4 Å². The van der Waals surface area contributed by atoms with Gasteiger partial charge in [0.1, 0.15) is 6.54 Å². The molecule has 2 saturated heterocycles. The van der Waals surface area contributed by atoms with E-state index in [1.54, 1.807) is 0 Å². The summed E-state index contributed by atoms with van der Waals surface area (Å²) < 4.78 is 57.4. The number of amides is 4. The van der Waals surface area contributed by atoms with E-state index < -0.39 is 41.6 Å². The van der Waals surface area contributed by atoms with Crippen LogP contribution in [0.3, 0.4) is 0 Å². The van der Waals surface area contributed by atoms with E-state index in [-0.39, 0.29) is 37.6 Å². The minimum atomic E-state index is -3.02. The third kappa shape index (κ3) is 4.73. The van der Waals surface area contributed by atoms with Gasteiger partial charge in [0.25, 0.3) is 17.7 Å². The minimum Gasteiger partial charge on any atom is -0.341 e. The number of anilines is 1. The van der Waals surface area contributed by atoms with Gasteiger partial charge in [-0.15, -0.1) is 0 Å². The summed E-state index contributed by atoms with van der Waals surface area (Å²) in [5.41, 5.74) is -0.266. The standard InChI is InChI=1S/C26H24F4N6O4/c1-25(29,30)17-7-3-15(4-8-17)11-36-19(37)12-35(23(38)26(36)13-34(14-26)24(39)31-2)18-9-5-16(6-10-18)21-32-22(20(27)28)40-33-21/h3-10,20H,11-14H2,1-2H3,(H,31,39). The molecule has 2 aliphatic rings. The molecule has 5 rings (SSSR count). The Balaban J connectivity index is 1.41. The Kier molecular flexibility index (Phi) is 6.72. The largest absolute Gasteiger partial charge is 0.341 e. The van der Waals surface area contributed by atoms with E-state index in [9.17, 15) is 31.9 Å². The summed E-state index contributed by atoms with van der Waals surface area (Å²) in [5.74, 6) is -4.72. The maximum atomic E-state index is 13.9. The molecule has 2 aromatic carbocycles. The highest BCUT2D eigenvalue weighted by Gasteiger charge is 2.60. The van der Waals surface area contributed by atoms with Crippen molar-refractivity contribution in [1.82, 2.24) is 25.3 Å². The van der Waals surface area contributed by atoms with Crippen LogP contribution in [0.15, 0.2) is 53.1 Å². The van der Waals surface area contributed by atoms with Crippen LogP contribution in [0, 0.1) is 0 Å². The predicted octanol–water partition coefficient (Wildman–Crippen LogP) is 3.56. The number of likely N-dealkylation sites (tertiary alicyclic amines) is 1. The van der Waals surface area contributed by atoms with Gasteiger partial charge in [-0.05, 0) is 29.8 Å². The monoisotopic (exact) mass is 560 g/mol. The van der Waals surface area contributed by atoms with Gasteiger partial charge in [-0.3, -0.25) is 9.59 Å². The fraction of sp³-hybridized carbons (Fsp3) is 0.346. The van der Waals surface area contributed by atoms with Crippen LogP contribution >= 0.6 is 0 Å². The van der Waals surface area contributed by atoms with E-state index in [0.29, 0.717) is 16.8 Å². The Hall–Kier alpha value is -4.49. The Morgan fingerprint density at radius 3 is 2.30 bits per heavy atom. The molecule has 1 aromatic heterocycles. The molecular formula is C26H24F4N6O4. The van der Waals surface area contributed by atoms with Crippen LogP contribution in [0.5, 0.6) is 0 Å². The fourth-order valence-corrected chi connectivity index (χ4v) is 4.86. The van der Waals surface area contributed by atoms with Crippen LogP contribution in [-0.4, -0.2) is 70.0 Å². The zero-order chi connectivity index (χ0) is 28.8. The van der Waals surface area contributed by atoms with E-state index >= 15 is 0 Å². The lowest BCUT2D eigenvalue weighted by Crippen LogP contribution is -2.81. The van der Waals surface area contributed by atoms with Gasteiger partial charge in [0, 0.05) is 37.3 Å². The lowest BCUT2D eigenvalue weighted by atomic mass is 9.83. The van der Waals surface area contributed by atoms with Gasteiger partial charge in [0.05, 0.1) is 13.1 Å². The van der Waals surface area contributed by atoms with Gasteiger partial charge >= 0.3 is 12.5 Å². The molecule has 2 fully saturated rings. The van der Waals surface area contributed by atoms with Crippen molar-refractivity contribution in [2.75, 3.05) is 31.6 Å². The predicted molar refractivity (Wildman–Crippen MR) is 132 cm³/mol. The first-order valence-electron chi connectivity index (χ1n) is 12.2. The third-order valence-corrected chi connectivity index (χ3v) is 7.03. The van der Waals surface area contributed by atoms with Crippen LogP contribution in [-0.2, 0) is 22.1 Å². The molecule has 0 bridgehead atoms. The molecule has 14 heteroatoms. The Labute approximate surface area is 225 Å². The van der Waals surface area contributed by atoms with Gasteiger partial charge in [-0.1, -0.05) is 29.4 Å². The summed E-state index contributed by atoms with van der Waals surface area (Å²) in [7, 11) is 1.45. The van der Waals surface area contributed by atoms with Crippen molar-refractivity contribution < 1.29 is 36.5 Å². The van der Waals surface area contributed by atoms with Crippen molar-refractivity contribution >= 4 is 23.5 Å². The smallest absolute Gasteiger partial charge is 0.317 e. The number of hydrogen-bond donors (Lipinski definition) is 1. The van der Waals surface area contributed by atoms with Crippen molar-refractivity contribution in [2.24, 2.45) is 0 Å². The Morgan fingerprint density at radius 1 is 1.10 bits per heavy atom. The first-order chi connectivity index (χ1) is 18.9. The van der Waals surface area contributed by atoms with Crippen molar-refractivity contribution in [3.63, 3.8) is 0 Å². The molecule has 0 atom stereocenters. The maximum Gasteiger partial charge on any atom is 0.317 e. The molecular weight excluding hydrogens is 536 g/mol. The second-order valence-corrected chi connectivity index (χ2v) is 9.70. The number of aromatic nitrogens is 2. The van der Waals surface area contributed by atoms with E-state index in [4.69, 9.17) is 0 Å². The van der Waals surface area contributed by atoms with Crippen LogP contribution in [0.4, 0.5) is 28.0 Å². The van der Waals surface area contributed by atoms with E-state index in [0.717, 1.165) is 6.92 Å². The molecule has 0 saturated carbocycles. The topological polar surface area (TPSA) is 112 Å². The molecule has 2 aliphatic heterocycles. The minimum absolute atomic E-state index is 0.0151. The van der Waals surface area contributed by atoms with Crippen molar-refractivity contribution in [1.29, 1.82) is 0 Å². The zero-order valence-electron chi connectivity index (χ0n) is 21.4. The highest BCUT2D eigenvalue weighted by molar-refractivity contribution is 6.10. The van der Waals surface area contributed by atoms with E-state index in [1.807, 2.05) is 0 Å². The SMILES string of the molecule is CNC(=O)N1CC2(C1)C(=O)N(c1ccc(-c3noc(C(F)F)n3)cc1)CC(=O)N2Cc1ccc(C(C)(F)F)cc1. The van der Waals surface area contributed by atoms with Gasteiger partial charge in [-0.2, -0.15) is 13.8 Å². The maximum absolute atomic E-state index is 13.9. The molecule has 10 nitrogen and oxygen atoms in total. The lowest BCUT2D eigenvalue weighted by molar-refractivity contribution is -0.161. The Morgan fingerprint density at radius 2 is 1.75 bits per heavy atom. The molecule has 1 spiro atoms. The average Bonchev–Trinajstić information content (AvgIpc) is 3.40. The number of urea groups is 1. The summed E-state index contributed by atoms with van der Waals surface area (Å²) >= 11 is 0. The molecule has 3 aromatic rings. The number of nitrogens with one attached hydrogen (secondary N) is 1. The van der Waals surface area contributed by atoms with Crippen LogP contribution < -0.4 is 10.2 Å². The summed E-state index contributed by atoms with van der Waals surface area (Å²) in [4.78, 5) is 47.3. The number of carbonyl (C=O) groups excluding carboxylic acids is 3. The second kappa shape index (κ2) is 9.92. The van der Waals surface area contributed by atoms with Gasteiger partial charge in [0.2, 0.25) is 11.7 Å². The number of carbonyl (C=O) groups is 3. The van der Waals surface area contributed by atoms with E-state index in [1.165, 1.54) is 70.3 Å². The zero-order valence-corrected chi connectivity index (χ0v) is 21.4. The normalized spacial score (nSPS) is 17.0. The molecule has 0 radical (unpaired) electrons. The third-order valence-electron chi connectivity index (χ3n) is 7.03.